The standard InChI is InChI=1S/C14H17N3OS/c1-9(13-4-3-7-19-13)17-12-8-10(15)5-6-11(12)14(18)16-2/h3-9,17H,15H2,1-2H3,(H,16,18). The predicted octanol–water partition coefficient (Wildman–Crippen LogP) is 2.86. The zero-order valence-corrected chi connectivity index (χ0v) is 11.8. The number of anilines is 2. The predicted molar refractivity (Wildman–Crippen MR) is 80.6 cm³/mol. The minimum Gasteiger partial charge on any atom is -0.399 e. The number of amides is 1. The summed E-state index contributed by atoms with van der Waals surface area (Å²) in [5.74, 6) is -0.124. The zero-order chi connectivity index (χ0) is 13.8. The van der Waals surface area contributed by atoms with Crippen molar-refractivity contribution in [2.75, 3.05) is 18.1 Å². The van der Waals surface area contributed by atoms with Crippen LogP contribution in [0.1, 0.15) is 28.2 Å². The van der Waals surface area contributed by atoms with E-state index in [-0.39, 0.29) is 11.9 Å². The molecule has 0 bridgehead atoms. The molecule has 19 heavy (non-hydrogen) atoms. The SMILES string of the molecule is CNC(=O)c1ccc(N)cc1NC(C)c1cccs1. The third-order valence-electron chi connectivity index (χ3n) is 2.86. The van der Waals surface area contributed by atoms with Crippen LogP contribution >= 0.6 is 11.3 Å². The van der Waals surface area contributed by atoms with Gasteiger partial charge in [0.05, 0.1) is 11.6 Å². The topological polar surface area (TPSA) is 67.2 Å². The van der Waals surface area contributed by atoms with Crippen molar-refractivity contribution in [3.8, 4) is 0 Å². The third-order valence-corrected chi connectivity index (χ3v) is 3.91. The quantitative estimate of drug-likeness (QED) is 0.752. The number of rotatable bonds is 4. The first-order valence-corrected chi connectivity index (χ1v) is 6.91. The number of nitrogens with one attached hydrogen (secondary N) is 2. The minimum absolute atomic E-state index is 0.124. The van der Waals surface area contributed by atoms with Gasteiger partial charge in [-0.2, -0.15) is 0 Å². The maximum absolute atomic E-state index is 11.8. The summed E-state index contributed by atoms with van der Waals surface area (Å²) in [5.41, 5.74) is 7.77. The molecule has 2 aromatic rings. The van der Waals surface area contributed by atoms with Crippen LogP contribution in [0.2, 0.25) is 0 Å². The Kier molecular flexibility index (Phi) is 4.06. The Balaban J connectivity index is 2.28. The van der Waals surface area contributed by atoms with Gasteiger partial charge >= 0.3 is 0 Å². The average molecular weight is 275 g/mol. The van der Waals surface area contributed by atoms with E-state index in [0.717, 1.165) is 5.69 Å². The molecule has 0 aliphatic heterocycles. The molecule has 4 nitrogen and oxygen atoms in total. The maximum atomic E-state index is 11.8. The molecule has 0 aliphatic carbocycles. The Morgan fingerprint density at radius 1 is 1.37 bits per heavy atom. The fraction of sp³-hybridized carbons (Fsp3) is 0.214. The van der Waals surface area contributed by atoms with Gasteiger partial charge in [-0.1, -0.05) is 6.07 Å². The van der Waals surface area contributed by atoms with E-state index in [1.165, 1.54) is 4.88 Å². The van der Waals surface area contributed by atoms with E-state index in [4.69, 9.17) is 5.73 Å². The van der Waals surface area contributed by atoms with E-state index in [1.54, 1.807) is 36.6 Å². The lowest BCUT2D eigenvalue weighted by Crippen LogP contribution is -2.20. The summed E-state index contributed by atoms with van der Waals surface area (Å²) in [6.07, 6.45) is 0. The Morgan fingerprint density at radius 2 is 2.16 bits per heavy atom. The van der Waals surface area contributed by atoms with Crippen molar-refractivity contribution in [1.29, 1.82) is 0 Å². The molecule has 0 aliphatic rings. The highest BCUT2D eigenvalue weighted by atomic mass is 32.1. The Morgan fingerprint density at radius 3 is 2.79 bits per heavy atom. The van der Waals surface area contributed by atoms with Crippen molar-refractivity contribution in [2.45, 2.75) is 13.0 Å². The molecule has 0 fully saturated rings. The van der Waals surface area contributed by atoms with Gasteiger partial charge < -0.3 is 16.4 Å². The number of nitrogen functional groups attached to an aromatic ring is 1. The first-order valence-electron chi connectivity index (χ1n) is 6.03. The van der Waals surface area contributed by atoms with Crippen molar-refractivity contribution in [3.63, 3.8) is 0 Å². The van der Waals surface area contributed by atoms with E-state index in [2.05, 4.69) is 23.6 Å². The third kappa shape index (κ3) is 3.06. The van der Waals surface area contributed by atoms with Crippen LogP contribution in [0.3, 0.4) is 0 Å². The molecule has 4 N–H and O–H groups in total. The minimum atomic E-state index is -0.124. The lowest BCUT2D eigenvalue weighted by Gasteiger charge is -2.17. The summed E-state index contributed by atoms with van der Waals surface area (Å²) in [6.45, 7) is 2.06. The van der Waals surface area contributed by atoms with Crippen LogP contribution in [0.4, 0.5) is 11.4 Å². The van der Waals surface area contributed by atoms with Gasteiger partial charge in [-0.05, 0) is 36.6 Å². The highest BCUT2D eigenvalue weighted by Gasteiger charge is 2.13. The lowest BCUT2D eigenvalue weighted by molar-refractivity contribution is 0.0964. The van der Waals surface area contributed by atoms with E-state index in [9.17, 15) is 4.79 Å². The van der Waals surface area contributed by atoms with E-state index < -0.39 is 0 Å². The van der Waals surface area contributed by atoms with Crippen molar-refractivity contribution in [1.82, 2.24) is 5.32 Å². The van der Waals surface area contributed by atoms with E-state index in [1.807, 2.05) is 11.4 Å². The molecule has 0 saturated heterocycles. The summed E-state index contributed by atoms with van der Waals surface area (Å²) in [5, 5.41) is 8.00. The van der Waals surface area contributed by atoms with Crippen LogP contribution in [0, 0.1) is 0 Å². The number of carbonyl (C=O) groups is 1. The maximum Gasteiger partial charge on any atom is 0.253 e. The Bertz CT molecular complexity index is 566. The Hall–Kier alpha value is -2.01. The largest absolute Gasteiger partial charge is 0.399 e. The number of hydrogen-bond donors (Lipinski definition) is 3. The highest BCUT2D eigenvalue weighted by Crippen LogP contribution is 2.26. The monoisotopic (exact) mass is 275 g/mol. The van der Waals surface area contributed by atoms with E-state index >= 15 is 0 Å². The smallest absolute Gasteiger partial charge is 0.253 e. The summed E-state index contributed by atoms with van der Waals surface area (Å²) in [4.78, 5) is 13.0. The first-order chi connectivity index (χ1) is 9.11. The van der Waals surface area contributed by atoms with Crippen molar-refractivity contribution in [3.05, 3.63) is 46.2 Å². The van der Waals surface area contributed by atoms with Gasteiger partial charge in [0.25, 0.3) is 5.91 Å². The molecule has 2 rings (SSSR count). The number of benzene rings is 1. The second-order valence-electron chi connectivity index (χ2n) is 4.27. The van der Waals surface area contributed by atoms with Crippen molar-refractivity contribution < 1.29 is 4.79 Å². The molecular formula is C14H17N3OS. The molecule has 5 heteroatoms. The molecule has 1 heterocycles. The average Bonchev–Trinajstić information content (AvgIpc) is 2.92. The van der Waals surface area contributed by atoms with E-state index in [0.29, 0.717) is 11.3 Å². The van der Waals surface area contributed by atoms with Gasteiger partial charge in [-0.3, -0.25) is 4.79 Å². The fourth-order valence-corrected chi connectivity index (χ4v) is 2.59. The number of nitrogens with two attached hydrogens (primary N) is 1. The van der Waals surface area contributed by atoms with Crippen molar-refractivity contribution >= 4 is 28.6 Å². The summed E-state index contributed by atoms with van der Waals surface area (Å²) in [6, 6.07) is 9.45. The van der Waals surface area contributed by atoms with Gasteiger partial charge in [0.1, 0.15) is 0 Å². The van der Waals surface area contributed by atoms with Gasteiger partial charge in [0.15, 0.2) is 0 Å². The molecule has 1 atom stereocenters. The first kappa shape index (κ1) is 13.4. The summed E-state index contributed by atoms with van der Waals surface area (Å²) < 4.78 is 0. The molecular weight excluding hydrogens is 258 g/mol. The number of hydrogen-bond acceptors (Lipinski definition) is 4. The fourth-order valence-electron chi connectivity index (χ4n) is 1.86. The summed E-state index contributed by atoms with van der Waals surface area (Å²) in [7, 11) is 1.62. The molecule has 0 spiro atoms. The van der Waals surface area contributed by atoms with Gasteiger partial charge in [-0.25, -0.2) is 0 Å². The van der Waals surface area contributed by atoms with Crippen LogP contribution in [0.5, 0.6) is 0 Å². The number of thiophene rings is 1. The van der Waals surface area contributed by atoms with Crippen LogP contribution in [-0.4, -0.2) is 13.0 Å². The molecule has 1 unspecified atom stereocenters. The second kappa shape index (κ2) is 5.75. The van der Waals surface area contributed by atoms with Gasteiger partial charge in [-0.15, -0.1) is 11.3 Å². The second-order valence-corrected chi connectivity index (χ2v) is 5.24. The normalized spacial score (nSPS) is 11.9. The molecule has 0 radical (unpaired) electrons. The van der Waals surface area contributed by atoms with Gasteiger partial charge in [0.2, 0.25) is 0 Å². The summed E-state index contributed by atoms with van der Waals surface area (Å²) >= 11 is 1.68. The van der Waals surface area contributed by atoms with Crippen LogP contribution in [-0.2, 0) is 0 Å². The molecule has 1 amide bonds. The molecule has 1 aromatic carbocycles. The zero-order valence-electron chi connectivity index (χ0n) is 10.9. The van der Waals surface area contributed by atoms with Crippen LogP contribution in [0.25, 0.3) is 0 Å². The highest BCUT2D eigenvalue weighted by molar-refractivity contribution is 7.10. The van der Waals surface area contributed by atoms with Crippen LogP contribution in [0.15, 0.2) is 35.7 Å². The Labute approximate surface area is 116 Å². The molecule has 0 saturated carbocycles. The molecule has 1 aromatic heterocycles. The number of carbonyl (C=O) groups excluding carboxylic acids is 1. The van der Waals surface area contributed by atoms with Crippen LogP contribution < -0.4 is 16.4 Å². The molecule has 100 valence electrons. The lowest BCUT2D eigenvalue weighted by atomic mass is 10.1. The van der Waals surface area contributed by atoms with Gasteiger partial charge in [0, 0.05) is 23.3 Å². The van der Waals surface area contributed by atoms with Crippen molar-refractivity contribution in [2.24, 2.45) is 0 Å².